The first-order chi connectivity index (χ1) is 11.1. The van der Waals surface area contributed by atoms with Gasteiger partial charge < -0.3 is 14.1 Å². The molecule has 5 heteroatoms. The van der Waals surface area contributed by atoms with E-state index >= 15 is 0 Å². The van der Waals surface area contributed by atoms with Gasteiger partial charge in [-0.05, 0) is 30.5 Å². The number of halogens is 1. The Hall–Kier alpha value is -2.56. The highest BCUT2D eigenvalue weighted by molar-refractivity contribution is 5.97. The molecule has 0 amide bonds. The Morgan fingerprint density at radius 1 is 1.35 bits per heavy atom. The number of hydrogen-bond acceptors (Lipinski definition) is 3. The molecule has 0 fully saturated rings. The van der Waals surface area contributed by atoms with Crippen LogP contribution in [0.3, 0.4) is 0 Å². The first-order valence-corrected chi connectivity index (χ1v) is 7.61. The predicted molar refractivity (Wildman–Crippen MR) is 85.6 cm³/mol. The normalized spacial score (nSPS) is 12.5. The number of carbonyl (C=O) groups is 1. The van der Waals surface area contributed by atoms with Gasteiger partial charge in [-0.2, -0.15) is 4.39 Å². The molecule has 120 valence electrons. The quantitative estimate of drug-likeness (QED) is 0.699. The SMILES string of the molecule is CCOC(=O)CC(C)c1c[nH]c2cccc(-c3ccc(F)o3)c12. The largest absolute Gasteiger partial charge is 0.466 e. The second-order valence-electron chi connectivity index (χ2n) is 5.49. The molecule has 3 rings (SSSR count). The van der Waals surface area contributed by atoms with Gasteiger partial charge in [-0.15, -0.1) is 0 Å². The molecule has 2 aromatic heterocycles. The van der Waals surface area contributed by atoms with Gasteiger partial charge in [0.1, 0.15) is 5.76 Å². The van der Waals surface area contributed by atoms with Gasteiger partial charge in [0.05, 0.1) is 13.0 Å². The van der Waals surface area contributed by atoms with Crippen molar-refractivity contribution in [3.8, 4) is 11.3 Å². The average Bonchev–Trinajstić information content (AvgIpc) is 3.13. The maximum atomic E-state index is 13.2. The highest BCUT2D eigenvalue weighted by Crippen LogP contribution is 2.36. The minimum atomic E-state index is -0.617. The van der Waals surface area contributed by atoms with E-state index in [9.17, 15) is 9.18 Å². The number of H-pyrrole nitrogens is 1. The van der Waals surface area contributed by atoms with E-state index in [4.69, 9.17) is 9.15 Å². The van der Waals surface area contributed by atoms with Crippen molar-refractivity contribution in [3.63, 3.8) is 0 Å². The summed E-state index contributed by atoms with van der Waals surface area (Å²) in [6, 6.07) is 8.00. The van der Waals surface area contributed by atoms with Crippen molar-refractivity contribution in [2.24, 2.45) is 0 Å². The van der Waals surface area contributed by atoms with E-state index in [1.165, 1.54) is 6.07 Å². The molecular formula is C18H18FNO3. The molecular weight excluding hydrogens is 297 g/mol. The molecule has 0 bridgehead atoms. The molecule has 0 radical (unpaired) electrons. The number of aromatic amines is 1. The lowest BCUT2D eigenvalue weighted by atomic mass is 9.94. The molecule has 3 aromatic rings. The molecule has 0 spiro atoms. The van der Waals surface area contributed by atoms with Crippen LogP contribution in [0.4, 0.5) is 4.39 Å². The number of furan rings is 1. The zero-order valence-electron chi connectivity index (χ0n) is 13.1. The Morgan fingerprint density at radius 3 is 2.87 bits per heavy atom. The van der Waals surface area contributed by atoms with Crippen molar-refractivity contribution < 1.29 is 18.3 Å². The van der Waals surface area contributed by atoms with Crippen molar-refractivity contribution in [1.29, 1.82) is 0 Å². The van der Waals surface area contributed by atoms with Crippen LogP contribution in [0, 0.1) is 6.01 Å². The van der Waals surface area contributed by atoms with Crippen LogP contribution in [0.5, 0.6) is 0 Å². The van der Waals surface area contributed by atoms with E-state index in [2.05, 4.69) is 4.98 Å². The number of esters is 1. The lowest BCUT2D eigenvalue weighted by molar-refractivity contribution is -0.143. The maximum Gasteiger partial charge on any atom is 0.306 e. The minimum absolute atomic E-state index is 0.0243. The van der Waals surface area contributed by atoms with Gasteiger partial charge in [-0.25, -0.2) is 0 Å². The average molecular weight is 315 g/mol. The van der Waals surface area contributed by atoms with E-state index in [1.807, 2.05) is 31.3 Å². The topological polar surface area (TPSA) is 55.2 Å². The van der Waals surface area contributed by atoms with Crippen molar-refractivity contribution in [1.82, 2.24) is 4.98 Å². The smallest absolute Gasteiger partial charge is 0.306 e. The summed E-state index contributed by atoms with van der Waals surface area (Å²) >= 11 is 0. The number of hydrogen-bond donors (Lipinski definition) is 1. The predicted octanol–water partition coefficient (Wildman–Crippen LogP) is 4.62. The molecule has 1 N–H and O–H groups in total. The summed E-state index contributed by atoms with van der Waals surface area (Å²) in [4.78, 5) is 14.9. The third-order valence-corrected chi connectivity index (χ3v) is 3.88. The van der Waals surface area contributed by atoms with Crippen LogP contribution in [-0.2, 0) is 9.53 Å². The number of nitrogens with one attached hydrogen (secondary N) is 1. The highest BCUT2D eigenvalue weighted by Gasteiger charge is 2.19. The summed E-state index contributed by atoms with van der Waals surface area (Å²) in [5.41, 5.74) is 2.71. The second kappa shape index (κ2) is 6.28. The second-order valence-corrected chi connectivity index (χ2v) is 5.49. The van der Waals surface area contributed by atoms with E-state index in [1.54, 1.807) is 13.0 Å². The Kier molecular flexibility index (Phi) is 4.19. The minimum Gasteiger partial charge on any atom is -0.466 e. The maximum absolute atomic E-state index is 13.2. The Labute approximate surface area is 133 Å². The zero-order chi connectivity index (χ0) is 16.4. The van der Waals surface area contributed by atoms with Gasteiger partial charge in [-0.3, -0.25) is 4.79 Å². The molecule has 1 atom stereocenters. The Bertz CT molecular complexity index is 834. The van der Waals surface area contributed by atoms with E-state index in [-0.39, 0.29) is 11.9 Å². The first kappa shape index (κ1) is 15.3. The molecule has 23 heavy (non-hydrogen) atoms. The summed E-state index contributed by atoms with van der Waals surface area (Å²) in [6.07, 6.45) is 2.18. The number of fused-ring (bicyclic) bond motifs is 1. The zero-order valence-corrected chi connectivity index (χ0v) is 13.1. The molecule has 0 aliphatic carbocycles. The number of carbonyl (C=O) groups excluding carboxylic acids is 1. The third-order valence-electron chi connectivity index (χ3n) is 3.88. The van der Waals surface area contributed by atoms with Crippen LogP contribution in [0.1, 0.15) is 31.7 Å². The first-order valence-electron chi connectivity index (χ1n) is 7.61. The van der Waals surface area contributed by atoms with Crippen molar-refractivity contribution in [2.75, 3.05) is 6.61 Å². The summed E-state index contributed by atoms with van der Waals surface area (Å²) < 4.78 is 23.4. The standard InChI is InChI=1S/C18H18FNO3/c1-3-22-17(21)9-11(2)13-10-20-14-6-4-5-12(18(13)14)15-7-8-16(19)23-15/h4-8,10-11,20H,3,9H2,1-2H3. The van der Waals surface area contributed by atoms with Crippen LogP contribution in [-0.4, -0.2) is 17.6 Å². The van der Waals surface area contributed by atoms with Gasteiger partial charge in [-0.1, -0.05) is 19.1 Å². The van der Waals surface area contributed by atoms with Crippen LogP contribution in [0.2, 0.25) is 0 Å². The van der Waals surface area contributed by atoms with Gasteiger partial charge >= 0.3 is 5.97 Å². The van der Waals surface area contributed by atoms with Crippen molar-refractivity contribution in [2.45, 2.75) is 26.2 Å². The molecule has 0 saturated heterocycles. The van der Waals surface area contributed by atoms with Crippen LogP contribution < -0.4 is 0 Å². The van der Waals surface area contributed by atoms with Gasteiger partial charge in [0, 0.05) is 28.7 Å². The third kappa shape index (κ3) is 2.99. The van der Waals surface area contributed by atoms with E-state index in [0.29, 0.717) is 18.8 Å². The van der Waals surface area contributed by atoms with Gasteiger partial charge in [0.2, 0.25) is 0 Å². The van der Waals surface area contributed by atoms with Crippen molar-refractivity contribution >= 4 is 16.9 Å². The highest BCUT2D eigenvalue weighted by atomic mass is 19.1. The van der Waals surface area contributed by atoms with E-state index < -0.39 is 6.01 Å². The molecule has 0 saturated carbocycles. The lowest BCUT2D eigenvalue weighted by Gasteiger charge is -2.11. The summed E-state index contributed by atoms with van der Waals surface area (Å²) in [7, 11) is 0. The van der Waals surface area contributed by atoms with Crippen LogP contribution in [0.15, 0.2) is 40.9 Å². The Morgan fingerprint density at radius 2 is 2.17 bits per heavy atom. The fourth-order valence-corrected chi connectivity index (χ4v) is 2.84. The van der Waals surface area contributed by atoms with Gasteiger partial charge in [0.25, 0.3) is 6.01 Å². The Balaban J connectivity index is 2.03. The summed E-state index contributed by atoms with van der Waals surface area (Å²) in [6.45, 7) is 4.13. The number of benzene rings is 1. The molecule has 4 nitrogen and oxygen atoms in total. The number of ether oxygens (including phenoxy) is 1. The summed E-state index contributed by atoms with van der Waals surface area (Å²) in [5.74, 6) is 0.219. The molecule has 1 unspecified atom stereocenters. The summed E-state index contributed by atoms with van der Waals surface area (Å²) in [5, 5.41) is 0.943. The molecule has 0 aliphatic rings. The fraction of sp³-hybridized carbons (Fsp3) is 0.278. The number of rotatable bonds is 5. The molecule has 0 aliphatic heterocycles. The van der Waals surface area contributed by atoms with Gasteiger partial charge in [0.15, 0.2) is 0 Å². The molecule has 2 heterocycles. The lowest BCUT2D eigenvalue weighted by Crippen LogP contribution is -2.08. The van der Waals surface area contributed by atoms with Crippen LogP contribution in [0.25, 0.3) is 22.2 Å². The monoisotopic (exact) mass is 315 g/mol. The number of aromatic nitrogens is 1. The van der Waals surface area contributed by atoms with Crippen LogP contribution >= 0.6 is 0 Å². The fourth-order valence-electron chi connectivity index (χ4n) is 2.84. The molecule has 1 aromatic carbocycles. The van der Waals surface area contributed by atoms with Crippen molar-refractivity contribution in [3.05, 3.63) is 48.1 Å². The van der Waals surface area contributed by atoms with E-state index in [0.717, 1.165) is 22.0 Å².